The second-order valence-corrected chi connectivity index (χ2v) is 9.92. The Bertz CT molecular complexity index is 1050. The van der Waals surface area contributed by atoms with Crippen LogP contribution in [0, 0.1) is 5.16 Å². The summed E-state index contributed by atoms with van der Waals surface area (Å²) in [5, 5.41) is 8.89. The molecule has 4 aromatic rings. The maximum absolute atomic E-state index is 13.8. The topological polar surface area (TPSA) is 87.1 Å². The number of hydrogen-bond acceptors (Lipinski definition) is 7. The van der Waals surface area contributed by atoms with Crippen LogP contribution in [0.4, 0.5) is 0 Å². The molecular weight excluding hydrogens is 460 g/mol. The third-order valence-electron chi connectivity index (χ3n) is 4.07. The summed E-state index contributed by atoms with van der Waals surface area (Å²) >= 11 is 0. The van der Waals surface area contributed by atoms with Gasteiger partial charge in [-0.05, 0) is 48.5 Å². The van der Waals surface area contributed by atoms with Gasteiger partial charge in [0.05, 0.1) is 0 Å². The van der Waals surface area contributed by atoms with Gasteiger partial charge in [-0.3, -0.25) is 0 Å². The lowest BCUT2D eigenvalue weighted by molar-refractivity contribution is 0.271. The van der Waals surface area contributed by atoms with Gasteiger partial charge in [0.15, 0.2) is 0 Å². The zero-order chi connectivity index (χ0) is 23.0. The van der Waals surface area contributed by atoms with Crippen molar-refractivity contribution in [3.63, 3.8) is 0 Å². The minimum Gasteiger partial charge on any atom is -0.410 e. The van der Waals surface area contributed by atoms with Crippen LogP contribution in [0.5, 0.6) is 23.0 Å². The van der Waals surface area contributed by atoms with Crippen molar-refractivity contribution >= 4 is 15.6 Å². The standard InChI is InChI=1S/C24H21NO6P2/c25-32(27-21-13-5-1-6-14-21,28-22-15-7-2-8-16-22)31-33(26,29-23-17-9-3-10-18-23)30-24-19-11-4-12-20-24/h1-20,25H. The van der Waals surface area contributed by atoms with E-state index in [0.29, 0.717) is 11.5 Å². The number of phosphoric ester groups is 1. The second-order valence-electron chi connectivity index (χ2n) is 6.64. The van der Waals surface area contributed by atoms with E-state index in [1.807, 2.05) is 0 Å². The fourth-order valence-electron chi connectivity index (χ4n) is 2.70. The number of para-hydroxylation sites is 4. The molecule has 0 saturated carbocycles. The SMILES string of the molecule is N=P(Oc1ccccc1)(Oc1ccccc1)OP(=O)(Oc1ccccc1)Oc1ccccc1. The molecule has 0 heterocycles. The van der Waals surface area contributed by atoms with Crippen LogP contribution in [0.15, 0.2) is 121 Å². The molecule has 9 heteroatoms. The maximum Gasteiger partial charge on any atom is 0.597 e. The minimum absolute atomic E-state index is 0.239. The van der Waals surface area contributed by atoms with Crippen LogP contribution in [0.3, 0.4) is 0 Å². The van der Waals surface area contributed by atoms with Gasteiger partial charge in [0.2, 0.25) is 0 Å². The number of benzene rings is 4. The molecule has 0 amide bonds. The normalized spacial score (nSPS) is 11.4. The monoisotopic (exact) mass is 481 g/mol. The molecule has 33 heavy (non-hydrogen) atoms. The van der Waals surface area contributed by atoms with Crippen LogP contribution >= 0.6 is 15.6 Å². The first-order valence-electron chi connectivity index (χ1n) is 9.96. The van der Waals surface area contributed by atoms with Gasteiger partial charge >= 0.3 is 15.6 Å². The highest BCUT2D eigenvalue weighted by Gasteiger charge is 2.42. The summed E-state index contributed by atoms with van der Waals surface area (Å²) in [4.78, 5) is 0. The van der Waals surface area contributed by atoms with E-state index in [1.54, 1.807) is 121 Å². The molecule has 0 saturated heterocycles. The summed E-state index contributed by atoms with van der Waals surface area (Å²) in [5.74, 6) is 1.09. The molecule has 0 aliphatic rings. The van der Waals surface area contributed by atoms with E-state index in [0.717, 1.165) is 0 Å². The lowest BCUT2D eigenvalue weighted by Crippen LogP contribution is -2.09. The Kier molecular flexibility index (Phi) is 7.16. The molecule has 0 bridgehead atoms. The highest BCUT2D eigenvalue weighted by atomic mass is 31.3. The second kappa shape index (κ2) is 10.4. The number of nitrogens with one attached hydrogen (secondary N) is 1. The van der Waals surface area contributed by atoms with Crippen LogP contribution in [-0.4, -0.2) is 0 Å². The summed E-state index contributed by atoms with van der Waals surface area (Å²) in [5.41, 5.74) is 0. The number of hydrogen-bond donors (Lipinski definition) is 1. The van der Waals surface area contributed by atoms with Crippen molar-refractivity contribution in [3.8, 4) is 23.0 Å². The molecule has 0 aliphatic carbocycles. The summed E-state index contributed by atoms with van der Waals surface area (Å²) in [7, 11) is -8.52. The lowest BCUT2D eigenvalue weighted by atomic mass is 10.3. The van der Waals surface area contributed by atoms with Crippen LogP contribution in [0.25, 0.3) is 0 Å². The zero-order valence-electron chi connectivity index (χ0n) is 17.4. The van der Waals surface area contributed by atoms with Crippen molar-refractivity contribution in [1.82, 2.24) is 0 Å². The summed E-state index contributed by atoms with van der Waals surface area (Å²) in [6.07, 6.45) is 0. The van der Waals surface area contributed by atoms with Gasteiger partial charge in [-0.1, -0.05) is 72.8 Å². The van der Waals surface area contributed by atoms with Gasteiger partial charge in [-0.25, -0.2) is 9.73 Å². The van der Waals surface area contributed by atoms with Crippen LogP contribution in [0.2, 0.25) is 0 Å². The molecule has 1 N–H and O–H groups in total. The summed E-state index contributed by atoms with van der Waals surface area (Å²) < 4.78 is 42.3. The highest BCUT2D eigenvalue weighted by molar-refractivity contribution is 7.63. The molecule has 0 aromatic heterocycles. The van der Waals surface area contributed by atoms with Crippen molar-refractivity contribution in [2.24, 2.45) is 0 Å². The molecule has 7 nitrogen and oxygen atoms in total. The minimum atomic E-state index is -4.45. The lowest BCUT2D eigenvalue weighted by Gasteiger charge is -2.26. The molecule has 0 atom stereocenters. The molecule has 4 rings (SSSR count). The van der Waals surface area contributed by atoms with Gasteiger partial charge < -0.3 is 18.1 Å². The zero-order valence-corrected chi connectivity index (χ0v) is 19.2. The molecule has 0 spiro atoms. The van der Waals surface area contributed by atoms with Crippen molar-refractivity contribution in [1.29, 1.82) is 5.16 Å². The van der Waals surface area contributed by atoms with E-state index in [4.69, 9.17) is 27.6 Å². The van der Waals surface area contributed by atoms with Gasteiger partial charge in [0, 0.05) is 0 Å². The van der Waals surface area contributed by atoms with Crippen LogP contribution in [-0.2, 0) is 8.88 Å². The third-order valence-corrected chi connectivity index (χ3v) is 7.50. The Morgan fingerprint density at radius 3 is 1.03 bits per heavy atom. The summed E-state index contributed by atoms with van der Waals surface area (Å²) in [6, 6.07) is 34.0. The van der Waals surface area contributed by atoms with Gasteiger partial charge in [0.25, 0.3) is 0 Å². The summed E-state index contributed by atoms with van der Waals surface area (Å²) in [6.45, 7) is 0. The molecule has 168 valence electrons. The van der Waals surface area contributed by atoms with E-state index in [2.05, 4.69) is 0 Å². The fraction of sp³-hybridized carbons (Fsp3) is 0. The first-order valence-corrected chi connectivity index (χ1v) is 13.0. The Hall–Kier alpha value is -3.50. The van der Waals surface area contributed by atoms with Crippen molar-refractivity contribution in [2.45, 2.75) is 0 Å². The predicted octanol–water partition coefficient (Wildman–Crippen LogP) is 7.95. The Balaban J connectivity index is 1.69. The molecule has 0 unspecified atom stereocenters. The van der Waals surface area contributed by atoms with E-state index in [-0.39, 0.29) is 11.5 Å². The van der Waals surface area contributed by atoms with Gasteiger partial charge in [-0.15, -0.1) is 0 Å². The molecular formula is C24H21NO6P2. The Labute approximate surface area is 192 Å². The first kappa shape index (κ1) is 22.7. The Morgan fingerprint density at radius 2 is 0.727 bits per heavy atom. The smallest absolute Gasteiger partial charge is 0.410 e. The predicted molar refractivity (Wildman–Crippen MR) is 127 cm³/mol. The average molecular weight is 481 g/mol. The largest absolute Gasteiger partial charge is 0.597 e. The van der Waals surface area contributed by atoms with Gasteiger partial charge in [0.1, 0.15) is 23.0 Å². The molecule has 0 fully saturated rings. The molecule has 0 radical (unpaired) electrons. The first-order chi connectivity index (χ1) is 16.0. The number of rotatable bonds is 10. The Morgan fingerprint density at radius 1 is 0.455 bits per heavy atom. The van der Waals surface area contributed by atoms with Crippen molar-refractivity contribution < 1.29 is 27.0 Å². The van der Waals surface area contributed by atoms with Crippen LogP contribution < -0.4 is 18.1 Å². The van der Waals surface area contributed by atoms with E-state index in [1.165, 1.54) is 0 Å². The van der Waals surface area contributed by atoms with Crippen LogP contribution in [0.1, 0.15) is 0 Å². The van der Waals surface area contributed by atoms with Crippen molar-refractivity contribution in [3.05, 3.63) is 121 Å². The maximum atomic E-state index is 13.8. The van der Waals surface area contributed by atoms with Crippen molar-refractivity contribution in [2.75, 3.05) is 0 Å². The quantitative estimate of drug-likeness (QED) is 0.231. The fourth-order valence-corrected chi connectivity index (χ4v) is 5.92. The van der Waals surface area contributed by atoms with Gasteiger partial charge in [-0.2, -0.15) is 4.31 Å². The third kappa shape index (κ3) is 6.74. The van der Waals surface area contributed by atoms with E-state index < -0.39 is 15.6 Å². The molecule has 4 aromatic carbocycles. The number of phosphoric acid groups is 1. The van der Waals surface area contributed by atoms with E-state index in [9.17, 15) is 4.57 Å². The average Bonchev–Trinajstić information content (AvgIpc) is 2.81. The molecule has 0 aliphatic heterocycles. The van der Waals surface area contributed by atoms with E-state index >= 15 is 0 Å². The highest BCUT2D eigenvalue weighted by Crippen LogP contribution is 2.65.